The van der Waals surface area contributed by atoms with E-state index in [0.29, 0.717) is 6.54 Å². The summed E-state index contributed by atoms with van der Waals surface area (Å²) in [5.41, 5.74) is 0. The zero-order valence-corrected chi connectivity index (χ0v) is 5.00. The lowest BCUT2D eigenvalue weighted by molar-refractivity contribution is -0.125. The minimum Gasteiger partial charge on any atom is -0.294 e. The van der Waals surface area contributed by atoms with Gasteiger partial charge in [0, 0.05) is 0 Å². The van der Waals surface area contributed by atoms with Gasteiger partial charge >= 0.3 is 6.03 Å². The summed E-state index contributed by atoms with van der Waals surface area (Å²) in [4.78, 5) is 24.2. The average molecular weight is 126 g/mol. The van der Waals surface area contributed by atoms with Crippen LogP contribution in [0.15, 0.2) is 0 Å². The van der Waals surface area contributed by atoms with Gasteiger partial charge in [-0.2, -0.15) is 0 Å². The van der Waals surface area contributed by atoms with E-state index in [1.807, 2.05) is 6.92 Å². The van der Waals surface area contributed by atoms with Crippen LogP contribution in [0.2, 0.25) is 0 Å². The topological polar surface area (TPSA) is 40.6 Å². The Balaban J connectivity index is 2.35. The minimum absolute atomic E-state index is 0.0324. The first-order valence-electron chi connectivity index (χ1n) is 2.84. The highest BCUT2D eigenvalue weighted by molar-refractivity contribution is 6.06. The van der Waals surface area contributed by atoms with Crippen molar-refractivity contribution in [1.29, 1.82) is 0 Å². The summed E-state index contributed by atoms with van der Waals surface area (Å²) in [5, 5.41) is 0. The molecule has 2 bridgehead atoms. The van der Waals surface area contributed by atoms with Gasteiger partial charge in [0.2, 0.25) is 0 Å². The van der Waals surface area contributed by atoms with Crippen LogP contribution in [0.4, 0.5) is 4.79 Å². The van der Waals surface area contributed by atoms with Crippen molar-refractivity contribution in [3.05, 3.63) is 0 Å². The first-order chi connectivity index (χ1) is 4.22. The Kier molecular flexibility index (Phi) is 0.583. The maximum absolute atomic E-state index is 10.7. The molecule has 3 heterocycles. The standard InChI is InChI=1S/C5H6N2O2/c1-3-6-2-4(8)7(3)5(6)9/h3H,2H2,1H3. The number of nitrogens with zero attached hydrogens (tertiary/aromatic N) is 2. The highest BCUT2D eigenvalue weighted by Gasteiger charge is 2.53. The smallest absolute Gasteiger partial charge is 0.294 e. The van der Waals surface area contributed by atoms with Gasteiger partial charge in [0.1, 0.15) is 12.7 Å². The molecule has 0 saturated carbocycles. The quantitative estimate of drug-likeness (QED) is 0.415. The molecule has 0 radical (unpaired) electrons. The molecule has 3 amide bonds. The molecular formula is C5H6N2O2. The van der Waals surface area contributed by atoms with Crippen LogP contribution in [0.1, 0.15) is 6.92 Å². The summed E-state index contributed by atoms with van der Waals surface area (Å²) in [5.74, 6) is -0.0625. The molecule has 0 aliphatic carbocycles. The Labute approximate surface area is 52.0 Å². The summed E-state index contributed by atoms with van der Waals surface area (Å²) >= 11 is 0. The third-order valence-corrected chi connectivity index (χ3v) is 1.85. The van der Waals surface area contributed by atoms with E-state index in [1.165, 1.54) is 4.90 Å². The van der Waals surface area contributed by atoms with Crippen molar-refractivity contribution in [2.75, 3.05) is 6.54 Å². The van der Waals surface area contributed by atoms with Crippen molar-refractivity contribution in [3.63, 3.8) is 0 Å². The van der Waals surface area contributed by atoms with Crippen molar-refractivity contribution >= 4 is 11.9 Å². The highest BCUT2D eigenvalue weighted by Crippen LogP contribution is 2.27. The molecule has 1 unspecified atom stereocenters. The number of carbonyl (C=O) groups excluding carboxylic acids is 2. The number of amides is 3. The van der Waals surface area contributed by atoms with Crippen LogP contribution in [0, 0.1) is 0 Å². The molecule has 4 nitrogen and oxygen atoms in total. The van der Waals surface area contributed by atoms with Gasteiger partial charge in [-0.05, 0) is 6.92 Å². The Morgan fingerprint density at radius 3 is 2.33 bits per heavy atom. The molecule has 3 saturated heterocycles. The molecule has 4 heteroatoms. The van der Waals surface area contributed by atoms with Crippen LogP contribution in [-0.2, 0) is 4.79 Å². The number of hydrogen-bond acceptors (Lipinski definition) is 2. The molecule has 0 aromatic carbocycles. The van der Waals surface area contributed by atoms with E-state index in [4.69, 9.17) is 0 Å². The van der Waals surface area contributed by atoms with Crippen molar-refractivity contribution in [2.24, 2.45) is 0 Å². The number of rotatable bonds is 0. The van der Waals surface area contributed by atoms with E-state index in [9.17, 15) is 9.59 Å². The lowest BCUT2D eigenvalue weighted by Gasteiger charge is -2.35. The Morgan fingerprint density at radius 2 is 2.22 bits per heavy atom. The summed E-state index contributed by atoms with van der Waals surface area (Å²) in [6.07, 6.45) is 0.0324. The van der Waals surface area contributed by atoms with Gasteiger partial charge in [0.15, 0.2) is 0 Å². The van der Waals surface area contributed by atoms with Crippen molar-refractivity contribution < 1.29 is 9.59 Å². The number of carbonyl (C=O) groups is 2. The molecule has 0 aromatic rings. The van der Waals surface area contributed by atoms with Gasteiger partial charge < -0.3 is 0 Å². The first-order valence-corrected chi connectivity index (χ1v) is 2.84. The predicted molar refractivity (Wildman–Crippen MR) is 28.4 cm³/mol. The van der Waals surface area contributed by atoms with Gasteiger partial charge in [-0.25, -0.2) is 9.69 Å². The molecule has 3 fully saturated rings. The average Bonchev–Trinajstić information content (AvgIpc) is 2.23. The molecule has 0 spiro atoms. The molecule has 9 heavy (non-hydrogen) atoms. The van der Waals surface area contributed by atoms with Crippen LogP contribution in [0.25, 0.3) is 0 Å². The Hall–Kier alpha value is -1.06. The first kappa shape index (κ1) is 4.78. The number of hydrogen-bond donors (Lipinski definition) is 0. The molecule has 0 N–H and O–H groups in total. The van der Waals surface area contributed by atoms with E-state index in [0.717, 1.165) is 0 Å². The summed E-state index contributed by atoms with van der Waals surface area (Å²) in [6, 6.07) is -0.132. The third kappa shape index (κ3) is 0.322. The second-order valence-electron chi connectivity index (χ2n) is 2.31. The molecule has 3 rings (SSSR count). The maximum atomic E-state index is 10.7. The SMILES string of the molecule is CC1N2CC(=O)N1C2=O. The van der Waals surface area contributed by atoms with Crippen molar-refractivity contribution in [2.45, 2.75) is 13.1 Å². The zero-order chi connectivity index (χ0) is 6.59. The van der Waals surface area contributed by atoms with E-state index in [-0.39, 0.29) is 18.1 Å². The highest BCUT2D eigenvalue weighted by atomic mass is 16.2. The van der Waals surface area contributed by atoms with Crippen molar-refractivity contribution in [1.82, 2.24) is 9.80 Å². The fraction of sp³-hybridized carbons (Fsp3) is 0.600. The summed E-state index contributed by atoms with van der Waals surface area (Å²) in [7, 11) is 0. The molecule has 48 valence electrons. The Bertz CT molecular complexity index is 193. The second kappa shape index (κ2) is 1.10. The molecule has 3 aliphatic heterocycles. The zero-order valence-electron chi connectivity index (χ0n) is 5.00. The third-order valence-electron chi connectivity index (χ3n) is 1.85. The lowest BCUT2D eigenvalue weighted by atomic mass is 10.4. The normalized spacial score (nSPS) is 31.4. The van der Waals surface area contributed by atoms with E-state index >= 15 is 0 Å². The van der Waals surface area contributed by atoms with Crippen LogP contribution in [0.3, 0.4) is 0 Å². The molecule has 1 atom stereocenters. The van der Waals surface area contributed by atoms with E-state index < -0.39 is 0 Å². The van der Waals surface area contributed by atoms with Crippen molar-refractivity contribution in [3.8, 4) is 0 Å². The fourth-order valence-electron chi connectivity index (χ4n) is 1.28. The number of urea groups is 1. The summed E-state index contributed by atoms with van der Waals surface area (Å²) in [6.45, 7) is 2.13. The van der Waals surface area contributed by atoms with Crippen LogP contribution >= 0.6 is 0 Å². The molecular weight excluding hydrogens is 120 g/mol. The second-order valence-corrected chi connectivity index (χ2v) is 2.31. The lowest BCUT2D eigenvalue weighted by Crippen LogP contribution is -2.57. The van der Waals surface area contributed by atoms with Gasteiger partial charge in [-0.15, -0.1) is 0 Å². The van der Waals surface area contributed by atoms with E-state index in [1.54, 1.807) is 4.90 Å². The predicted octanol–water partition coefficient (Wildman–Crippen LogP) is -0.390. The largest absolute Gasteiger partial charge is 0.330 e. The van der Waals surface area contributed by atoms with Gasteiger partial charge in [0.25, 0.3) is 5.91 Å². The van der Waals surface area contributed by atoms with Gasteiger partial charge in [-0.3, -0.25) is 9.69 Å². The van der Waals surface area contributed by atoms with Gasteiger partial charge in [0.05, 0.1) is 0 Å². The number of fused-ring (bicyclic) bond motifs is 1. The molecule has 0 aromatic heterocycles. The minimum atomic E-state index is -0.132. The molecule has 3 aliphatic rings. The Morgan fingerprint density at radius 1 is 1.56 bits per heavy atom. The number of imide groups is 1. The monoisotopic (exact) mass is 126 g/mol. The maximum Gasteiger partial charge on any atom is 0.330 e. The van der Waals surface area contributed by atoms with E-state index in [2.05, 4.69) is 0 Å². The van der Waals surface area contributed by atoms with Crippen LogP contribution in [-0.4, -0.2) is 34.4 Å². The fourth-order valence-corrected chi connectivity index (χ4v) is 1.28. The van der Waals surface area contributed by atoms with Crippen LogP contribution < -0.4 is 0 Å². The van der Waals surface area contributed by atoms with Crippen LogP contribution in [0.5, 0.6) is 0 Å². The van der Waals surface area contributed by atoms with Gasteiger partial charge in [-0.1, -0.05) is 0 Å². The summed E-state index contributed by atoms with van der Waals surface area (Å²) < 4.78 is 0.